The zero-order chi connectivity index (χ0) is 21.3. The summed E-state index contributed by atoms with van der Waals surface area (Å²) in [6, 6.07) is 1.69. The van der Waals surface area contributed by atoms with Gasteiger partial charge in [0.15, 0.2) is 0 Å². The van der Waals surface area contributed by atoms with Crippen molar-refractivity contribution in [2.75, 3.05) is 19.8 Å². The Balaban J connectivity index is 1.28. The fraction of sp³-hybridized carbons (Fsp3) is 1.00. The van der Waals surface area contributed by atoms with E-state index in [4.69, 9.17) is 0 Å². The third-order valence-electron chi connectivity index (χ3n) is 13.8. The lowest BCUT2D eigenvalue weighted by atomic mass is 9.26. The standard InChI is InChI=1S/C28H46N2/c1-13-10-30-12-29(16(13)4)11-17-18-19(24(17)30)23-22(18)27(7,8)25-21(26(23,5)6)14(2)20-15(3)28(20,25)9/h13-25H,10-12H2,1-9H3/t13?,14?,15?,16?,17?,18?,19?,20-,21?,22?,23?,24?,25+,28?/m1/s1. The summed E-state index contributed by atoms with van der Waals surface area (Å²) in [5.74, 6) is 10.5. The Labute approximate surface area is 185 Å². The van der Waals surface area contributed by atoms with Crippen molar-refractivity contribution in [1.82, 2.24) is 9.80 Å². The maximum absolute atomic E-state index is 2.95. The first kappa shape index (κ1) is 19.4. The molecule has 0 aromatic rings. The highest BCUT2D eigenvalue weighted by atomic mass is 15.4. The second kappa shape index (κ2) is 5.19. The van der Waals surface area contributed by atoms with E-state index in [9.17, 15) is 0 Å². The van der Waals surface area contributed by atoms with Crippen LogP contribution in [0.25, 0.3) is 0 Å². The van der Waals surface area contributed by atoms with E-state index in [0.717, 1.165) is 77.2 Å². The maximum Gasteiger partial charge on any atom is 0.0512 e. The van der Waals surface area contributed by atoms with Crippen LogP contribution in [0.1, 0.15) is 62.3 Å². The van der Waals surface area contributed by atoms with E-state index >= 15 is 0 Å². The van der Waals surface area contributed by atoms with Crippen LogP contribution in [0.15, 0.2) is 0 Å². The number of fused-ring (bicyclic) bond motifs is 13. The third-order valence-corrected chi connectivity index (χ3v) is 13.8. The highest BCUT2D eigenvalue weighted by Crippen LogP contribution is 2.87. The quantitative estimate of drug-likeness (QED) is 0.535. The Kier molecular flexibility index (Phi) is 3.35. The molecule has 7 rings (SSSR count). The molecule has 2 saturated heterocycles. The van der Waals surface area contributed by atoms with Gasteiger partial charge in [-0.15, -0.1) is 0 Å². The van der Waals surface area contributed by atoms with Crippen molar-refractivity contribution in [2.45, 2.75) is 74.4 Å². The molecule has 0 amide bonds. The first-order valence-corrected chi connectivity index (χ1v) is 13.4. The molecule has 168 valence electrons. The molecule has 5 aliphatic carbocycles. The van der Waals surface area contributed by atoms with Gasteiger partial charge in [0.1, 0.15) is 0 Å². The van der Waals surface area contributed by atoms with Crippen molar-refractivity contribution >= 4 is 0 Å². The van der Waals surface area contributed by atoms with E-state index in [-0.39, 0.29) is 0 Å². The Morgan fingerprint density at radius 2 is 1.37 bits per heavy atom. The molecule has 7 fully saturated rings. The van der Waals surface area contributed by atoms with Gasteiger partial charge in [0, 0.05) is 25.2 Å². The summed E-state index contributed by atoms with van der Waals surface area (Å²) in [7, 11) is 0. The molecular weight excluding hydrogens is 364 g/mol. The van der Waals surface area contributed by atoms with Gasteiger partial charge >= 0.3 is 0 Å². The zero-order valence-corrected chi connectivity index (χ0v) is 21.0. The van der Waals surface area contributed by atoms with Crippen LogP contribution in [-0.2, 0) is 0 Å². The second-order valence-corrected chi connectivity index (χ2v) is 14.9. The van der Waals surface area contributed by atoms with Gasteiger partial charge in [-0.1, -0.05) is 55.4 Å². The molecule has 2 heteroatoms. The molecule has 5 saturated carbocycles. The molecule has 2 nitrogen and oxygen atoms in total. The van der Waals surface area contributed by atoms with Gasteiger partial charge < -0.3 is 0 Å². The molecule has 30 heavy (non-hydrogen) atoms. The molecule has 0 N–H and O–H groups in total. The van der Waals surface area contributed by atoms with Crippen LogP contribution in [0.5, 0.6) is 0 Å². The Bertz CT molecular complexity index is 798. The second-order valence-electron chi connectivity index (χ2n) is 14.9. The highest BCUT2D eigenvalue weighted by Gasteiger charge is 2.84. The normalized spacial score (nSPS) is 70.1. The SMILES string of the molecule is CC1CN2CN(CC3C4C(C32)C2C4C(C)(C)[C@@H]3C(C(C)[C@@H]4C(C)C43C)C2(C)C)C1C. The van der Waals surface area contributed by atoms with Gasteiger partial charge in [-0.3, -0.25) is 9.80 Å². The van der Waals surface area contributed by atoms with Crippen molar-refractivity contribution in [3.8, 4) is 0 Å². The monoisotopic (exact) mass is 410 g/mol. The van der Waals surface area contributed by atoms with E-state index in [1.54, 1.807) is 0 Å². The summed E-state index contributed by atoms with van der Waals surface area (Å²) < 4.78 is 0. The molecule has 0 aromatic heterocycles. The fourth-order valence-corrected chi connectivity index (χ4v) is 12.9. The first-order valence-electron chi connectivity index (χ1n) is 13.4. The Hall–Kier alpha value is -0.0800. The maximum atomic E-state index is 2.95. The summed E-state index contributed by atoms with van der Waals surface area (Å²) in [5.41, 5.74) is 1.68. The Morgan fingerprint density at radius 1 is 0.700 bits per heavy atom. The van der Waals surface area contributed by atoms with Crippen molar-refractivity contribution in [2.24, 2.45) is 81.3 Å². The van der Waals surface area contributed by atoms with Crippen LogP contribution >= 0.6 is 0 Å². The van der Waals surface area contributed by atoms with Crippen LogP contribution in [0.3, 0.4) is 0 Å². The van der Waals surface area contributed by atoms with Crippen LogP contribution < -0.4 is 0 Å². The number of hydrogen-bond acceptors (Lipinski definition) is 2. The average Bonchev–Trinajstić information content (AvgIpc) is 3.05. The minimum Gasteiger partial charge on any atom is -0.287 e. The average molecular weight is 411 g/mol. The Morgan fingerprint density at radius 3 is 2.07 bits per heavy atom. The number of hydrogen-bond donors (Lipinski definition) is 0. The van der Waals surface area contributed by atoms with Crippen LogP contribution in [0.4, 0.5) is 0 Å². The van der Waals surface area contributed by atoms with Gasteiger partial charge in [0.2, 0.25) is 0 Å². The van der Waals surface area contributed by atoms with Gasteiger partial charge in [0.05, 0.1) is 6.67 Å². The lowest BCUT2D eigenvalue weighted by molar-refractivity contribution is -0.343. The summed E-state index contributed by atoms with van der Waals surface area (Å²) in [6.45, 7) is 27.9. The predicted octanol–water partition coefficient (Wildman–Crippen LogP) is 5.30. The molecule has 0 radical (unpaired) electrons. The van der Waals surface area contributed by atoms with E-state index in [1.165, 1.54) is 19.8 Å². The van der Waals surface area contributed by atoms with Gasteiger partial charge in [-0.05, 0) is 88.3 Å². The van der Waals surface area contributed by atoms with E-state index in [0.29, 0.717) is 16.2 Å². The number of rotatable bonds is 0. The highest BCUT2D eigenvalue weighted by molar-refractivity contribution is 5.32. The first-order chi connectivity index (χ1) is 13.9. The molecule has 0 aromatic carbocycles. The fourth-order valence-electron chi connectivity index (χ4n) is 12.9. The van der Waals surface area contributed by atoms with E-state index in [1.807, 2.05) is 0 Å². The lowest BCUT2D eigenvalue weighted by Crippen LogP contribution is -2.84. The van der Waals surface area contributed by atoms with E-state index < -0.39 is 0 Å². The molecule has 2 heterocycles. The van der Waals surface area contributed by atoms with Crippen molar-refractivity contribution in [3.05, 3.63) is 0 Å². The lowest BCUT2D eigenvalue weighted by Gasteiger charge is -2.82. The summed E-state index contributed by atoms with van der Waals surface area (Å²) >= 11 is 0. The molecule has 16 atom stereocenters. The van der Waals surface area contributed by atoms with E-state index in [2.05, 4.69) is 72.1 Å². The molecule has 0 spiro atoms. The molecule has 7 aliphatic rings. The van der Waals surface area contributed by atoms with Crippen LogP contribution in [0, 0.1) is 81.3 Å². The molecule has 2 aliphatic heterocycles. The van der Waals surface area contributed by atoms with Crippen LogP contribution in [0.2, 0.25) is 0 Å². The minimum atomic E-state index is 0.523. The third kappa shape index (κ3) is 1.74. The topological polar surface area (TPSA) is 6.48 Å². The van der Waals surface area contributed by atoms with Crippen molar-refractivity contribution in [1.29, 1.82) is 0 Å². The van der Waals surface area contributed by atoms with Crippen LogP contribution in [-0.4, -0.2) is 41.6 Å². The molecule has 2 bridgehead atoms. The molecule has 14 unspecified atom stereocenters. The number of nitrogens with zero attached hydrogens (tertiary/aromatic N) is 2. The summed E-state index contributed by atoms with van der Waals surface area (Å²) in [6.07, 6.45) is 0. The summed E-state index contributed by atoms with van der Waals surface area (Å²) in [4.78, 5) is 5.80. The van der Waals surface area contributed by atoms with Gasteiger partial charge in [-0.25, -0.2) is 0 Å². The van der Waals surface area contributed by atoms with Crippen molar-refractivity contribution < 1.29 is 0 Å². The molecular formula is C28H46N2. The predicted molar refractivity (Wildman–Crippen MR) is 123 cm³/mol. The van der Waals surface area contributed by atoms with Gasteiger partial charge in [0.25, 0.3) is 0 Å². The smallest absolute Gasteiger partial charge is 0.0512 e. The van der Waals surface area contributed by atoms with Crippen molar-refractivity contribution in [3.63, 3.8) is 0 Å². The summed E-state index contributed by atoms with van der Waals surface area (Å²) in [5, 5.41) is 0. The largest absolute Gasteiger partial charge is 0.287 e. The minimum absolute atomic E-state index is 0.523. The van der Waals surface area contributed by atoms with Gasteiger partial charge in [-0.2, -0.15) is 0 Å². The zero-order valence-electron chi connectivity index (χ0n) is 21.0.